The molecule has 5 aliphatic carbocycles. The van der Waals surface area contributed by atoms with E-state index < -0.39 is 116 Å². The summed E-state index contributed by atoms with van der Waals surface area (Å²) in [6.07, 6.45) is -11.9. The average molecular weight is 913 g/mol. The molecule has 0 unspecified atom stereocenters. The molecule has 0 aromatic heterocycles. The number of rotatable bonds is 9. The van der Waals surface area contributed by atoms with E-state index >= 15 is 0 Å². The molecule has 4 saturated carbocycles. The predicted molar refractivity (Wildman–Crippen MR) is 225 cm³/mol. The number of carboxylic acid groups (broad SMARTS) is 1. The summed E-state index contributed by atoms with van der Waals surface area (Å²) in [6.45, 7) is 14.1. The van der Waals surface area contributed by atoms with Gasteiger partial charge in [0.15, 0.2) is 18.9 Å². The first-order chi connectivity index (χ1) is 29.9. The van der Waals surface area contributed by atoms with E-state index in [0.717, 1.165) is 44.9 Å². The van der Waals surface area contributed by atoms with Crippen LogP contribution >= 0.6 is 0 Å². The molecule has 17 heteroatoms. The van der Waals surface area contributed by atoms with E-state index in [0.29, 0.717) is 19.3 Å². The summed E-state index contributed by atoms with van der Waals surface area (Å²) < 4.78 is 36.1. The highest BCUT2D eigenvalue weighted by Gasteiger charge is 2.70. The summed E-state index contributed by atoms with van der Waals surface area (Å²) in [7, 11) is 0. The second-order valence-electron chi connectivity index (χ2n) is 22.9. The van der Waals surface area contributed by atoms with Crippen LogP contribution in [0, 0.1) is 50.2 Å². The fourth-order valence-corrected chi connectivity index (χ4v) is 14.8. The maximum Gasteiger partial charge on any atom is 0.310 e. The van der Waals surface area contributed by atoms with Gasteiger partial charge in [-0.25, -0.2) is 0 Å². The molecule has 7 fully saturated rings. The number of carbonyl (C=O) groups is 1. The predicted octanol–water partition coefficient (Wildman–Crippen LogP) is 1.35. The van der Waals surface area contributed by atoms with Gasteiger partial charge in [0, 0.05) is 5.41 Å². The number of allylic oxidation sites excluding steroid dienone is 2. The van der Waals surface area contributed by atoms with Crippen molar-refractivity contribution in [2.45, 2.75) is 205 Å². The van der Waals surface area contributed by atoms with Gasteiger partial charge in [-0.2, -0.15) is 0 Å². The molecule has 0 radical (unpaired) electrons. The second-order valence-corrected chi connectivity index (χ2v) is 22.9. The molecule has 3 aliphatic heterocycles. The van der Waals surface area contributed by atoms with Crippen LogP contribution in [0.3, 0.4) is 0 Å². The lowest BCUT2D eigenvalue weighted by Crippen LogP contribution is -2.67. The molecule has 23 atom stereocenters. The lowest BCUT2D eigenvalue weighted by Gasteiger charge is -2.71. The monoisotopic (exact) mass is 913 g/mol. The van der Waals surface area contributed by atoms with Gasteiger partial charge in [-0.05, 0) is 111 Å². The maximum atomic E-state index is 13.1. The fraction of sp³-hybridized carbons (Fsp3) is 0.936. The van der Waals surface area contributed by atoms with Crippen molar-refractivity contribution in [2.75, 3.05) is 19.8 Å². The summed E-state index contributed by atoms with van der Waals surface area (Å²) in [6, 6.07) is 0. The molecule has 366 valence electrons. The summed E-state index contributed by atoms with van der Waals surface area (Å²) in [5.41, 5.74) is -0.609. The first-order valence-corrected chi connectivity index (χ1v) is 23.7. The van der Waals surface area contributed by atoms with Gasteiger partial charge in [0.25, 0.3) is 0 Å². The van der Waals surface area contributed by atoms with Crippen LogP contribution in [0.15, 0.2) is 11.6 Å². The van der Waals surface area contributed by atoms with Crippen molar-refractivity contribution >= 4 is 5.97 Å². The van der Waals surface area contributed by atoms with E-state index in [2.05, 4.69) is 40.7 Å². The Kier molecular flexibility index (Phi) is 13.2. The van der Waals surface area contributed by atoms with Crippen molar-refractivity contribution in [3.05, 3.63) is 11.6 Å². The summed E-state index contributed by atoms with van der Waals surface area (Å²) in [5.74, 6) is -0.391. The molecule has 17 nitrogen and oxygen atoms in total. The molecular formula is C47H76O17. The van der Waals surface area contributed by atoms with Crippen LogP contribution in [-0.2, 0) is 33.2 Å². The number of hydrogen-bond donors (Lipinski definition) is 10. The third kappa shape index (κ3) is 7.49. The van der Waals surface area contributed by atoms with Gasteiger partial charge in [0.05, 0.1) is 37.4 Å². The van der Waals surface area contributed by atoms with Crippen LogP contribution < -0.4 is 0 Å². The number of fused-ring (bicyclic) bond motifs is 7. The van der Waals surface area contributed by atoms with E-state index in [4.69, 9.17) is 28.4 Å². The van der Waals surface area contributed by atoms with Crippen LogP contribution in [0.25, 0.3) is 0 Å². The van der Waals surface area contributed by atoms with Gasteiger partial charge in [0.2, 0.25) is 0 Å². The molecule has 64 heavy (non-hydrogen) atoms. The van der Waals surface area contributed by atoms with Crippen molar-refractivity contribution in [1.29, 1.82) is 0 Å². The number of ether oxygens (including phenoxy) is 6. The van der Waals surface area contributed by atoms with E-state index in [1.807, 2.05) is 6.92 Å². The molecular weight excluding hydrogens is 837 g/mol. The molecule has 8 rings (SSSR count). The molecule has 3 heterocycles. The first kappa shape index (κ1) is 49.0. The Labute approximate surface area is 376 Å². The molecule has 0 amide bonds. The van der Waals surface area contributed by atoms with Crippen LogP contribution in [0.4, 0.5) is 0 Å². The van der Waals surface area contributed by atoms with Crippen molar-refractivity contribution < 1.29 is 84.3 Å². The molecule has 0 aromatic carbocycles. The van der Waals surface area contributed by atoms with E-state index in [1.165, 1.54) is 12.5 Å². The molecule has 3 saturated heterocycles. The van der Waals surface area contributed by atoms with Crippen molar-refractivity contribution in [1.82, 2.24) is 0 Å². The highest BCUT2D eigenvalue weighted by atomic mass is 16.8. The average Bonchev–Trinajstić information content (AvgIpc) is 3.24. The summed E-state index contributed by atoms with van der Waals surface area (Å²) in [4.78, 5) is 13.1. The number of aliphatic carboxylic acids is 1. The van der Waals surface area contributed by atoms with Gasteiger partial charge in [-0.1, -0.05) is 53.2 Å². The quantitative estimate of drug-likeness (QED) is 0.116. The van der Waals surface area contributed by atoms with Crippen molar-refractivity contribution in [3.63, 3.8) is 0 Å². The van der Waals surface area contributed by atoms with Crippen LogP contribution in [0.1, 0.15) is 113 Å². The van der Waals surface area contributed by atoms with Crippen molar-refractivity contribution in [2.24, 2.45) is 50.2 Å². The zero-order valence-corrected chi connectivity index (χ0v) is 38.5. The number of carboxylic acids is 1. The van der Waals surface area contributed by atoms with Gasteiger partial charge in [-0.15, -0.1) is 0 Å². The van der Waals surface area contributed by atoms with E-state index in [9.17, 15) is 55.9 Å². The smallest absolute Gasteiger partial charge is 0.310 e. The Morgan fingerprint density at radius 1 is 0.719 bits per heavy atom. The lowest BCUT2D eigenvalue weighted by atomic mass is 9.33. The van der Waals surface area contributed by atoms with Crippen LogP contribution in [0.2, 0.25) is 0 Å². The van der Waals surface area contributed by atoms with Crippen LogP contribution in [0.5, 0.6) is 0 Å². The highest BCUT2D eigenvalue weighted by molar-refractivity contribution is 5.76. The zero-order chi connectivity index (χ0) is 46.7. The van der Waals surface area contributed by atoms with E-state index in [1.54, 1.807) is 0 Å². The topological polar surface area (TPSA) is 275 Å². The molecule has 0 bridgehead atoms. The maximum absolute atomic E-state index is 13.1. The molecule has 0 spiro atoms. The fourth-order valence-electron chi connectivity index (χ4n) is 14.8. The number of hydrogen-bond acceptors (Lipinski definition) is 16. The number of aliphatic hydroxyl groups excluding tert-OH is 9. The Morgan fingerprint density at radius 2 is 1.39 bits per heavy atom. The first-order valence-electron chi connectivity index (χ1n) is 23.7. The Morgan fingerprint density at radius 3 is 2.06 bits per heavy atom. The molecule has 0 aromatic rings. The lowest BCUT2D eigenvalue weighted by molar-refractivity contribution is -0.383. The molecule has 8 aliphatic rings. The SMILES string of the molecule is C[C@@H]1O[C@@H](O[C@H]2[C@H](O[C@H]3CC[C@@]4(C)[C@@H](CC[C@]5(C)[C@@H]4CC=C4[C@@H]6CC(C)(C)CC[C@]6(C(=O)O)CC[C@]45C)[C@]3(C)CO)OC[C@H](O)[C@@H]2O)[C@H](O)[C@H](O[C@@H]2O[C@H](CO)[C@@H](O)[C@H](O)[C@H]2O)[C@H]1O. The zero-order valence-electron chi connectivity index (χ0n) is 38.5. The number of aliphatic hydroxyl groups is 9. The second kappa shape index (κ2) is 17.2. The van der Waals surface area contributed by atoms with Crippen LogP contribution in [-0.4, -0.2) is 169 Å². The van der Waals surface area contributed by atoms with Gasteiger partial charge in [-0.3, -0.25) is 4.79 Å². The van der Waals surface area contributed by atoms with Crippen molar-refractivity contribution in [3.8, 4) is 0 Å². The normalized spacial score (nSPS) is 55.0. The highest BCUT2D eigenvalue weighted by Crippen LogP contribution is 2.76. The van der Waals surface area contributed by atoms with E-state index in [-0.39, 0.29) is 52.6 Å². The summed E-state index contributed by atoms with van der Waals surface area (Å²) in [5, 5.41) is 108. The van der Waals surface area contributed by atoms with Gasteiger partial charge in [0.1, 0.15) is 61.0 Å². The minimum Gasteiger partial charge on any atom is -0.481 e. The Hall–Kier alpha value is -1.39. The van der Waals surface area contributed by atoms with Gasteiger partial charge >= 0.3 is 5.97 Å². The minimum absolute atomic E-state index is 0.00330. The Balaban J connectivity index is 1.01. The third-order valence-corrected chi connectivity index (χ3v) is 19.1. The standard InChI is InChI=1S/C47H76O17/c1-22-30(51)36(63-38-34(55)33(54)32(53)26(19-48)61-38)35(56)39(60-22)64-37-31(52)25(50)20-59-40(37)62-29-11-12-43(4)27(44(29,5)21-49)10-13-46(7)28(43)9-8-23-24-18-42(2,3)14-16-47(24,41(57)58)17-15-45(23,46)6/h8,22,24-40,48-56H,9-21H2,1-7H3,(H,57,58)/t22-,24-,25-,26+,27+,28+,29-,30-,31-,32+,33-,34+,35+,36+,37+,38-,39-,40-,43-,44-,45+,46+,47-/m0/s1. The summed E-state index contributed by atoms with van der Waals surface area (Å²) >= 11 is 0. The largest absolute Gasteiger partial charge is 0.481 e. The molecule has 10 N–H and O–H groups in total. The Bertz CT molecular complexity index is 1750. The van der Waals surface area contributed by atoms with Gasteiger partial charge < -0.3 is 79.5 Å². The third-order valence-electron chi connectivity index (χ3n) is 19.1. The minimum atomic E-state index is -1.82.